The molecule has 0 saturated carbocycles. The summed E-state index contributed by atoms with van der Waals surface area (Å²) in [4.78, 5) is 0. The van der Waals surface area contributed by atoms with Gasteiger partial charge in [-0.1, -0.05) is 52.9 Å². The molecule has 0 amide bonds. The fraction of sp³-hybridized carbons (Fsp3) is 1.00. The first-order valence-corrected chi connectivity index (χ1v) is 8.52. The van der Waals surface area contributed by atoms with Crippen molar-refractivity contribution in [1.82, 2.24) is 0 Å². The first kappa shape index (κ1) is 18.9. The van der Waals surface area contributed by atoms with Gasteiger partial charge < -0.3 is 9.84 Å². The van der Waals surface area contributed by atoms with E-state index in [1.807, 2.05) is 0 Å². The summed E-state index contributed by atoms with van der Waals surface area (Å²) < 4.78 is 6.16. The number of aliphatic hydroxyl groups is 1. The van der Waals surface area contributed by atoms with Crippen LogP contribution in [0.3, 0.4) is 0 Å². The van der Waals surface area contributed by atoms with E-state index < -0.39 is 0 Å². The molecule has 2 unspecified atom stereocenters. The van der Waals surface area contributed by atoms with Crippen molar-refractivity contribution in [2.75, 3.05) is 13.2 Å². The van der Waals surface area contributed by atoms with Gasteiger partial charge in [-0.15, -0.1) is 0 Å². The highest BCUT2D eigenvalue weighted by atomic mass is 16.5. The molecule has 19 heavy (non-hydrogen) atoms. The topological polar surface area (TPSA) is 29.5 Å². The van der Waals surface area contributed by atoms with Crippen molar-refractivity contribution in [2.24, 2.45) is 5.92 Å². The Morgan fingerprint density at radius 1 is 0.842 bits per heavy atom. The lowest BCUT2D eigenvalue weighted by Crippen LogP contribution is -2.24. The van der Waals surface area contributed by atoms with Crippen LogP contribution in [0, 0.1) is 5.92 Å². The summed E-state index contributed by atoms with van der Waals surface area (Å²) in [6.45, 7) is 8.01. The highest BCUT2D eigenvalue weighted by molar-refractivity contribution is 4.70. The van der Waals surface area contributed by atoms with Crippen LogP contribution in [-0.4, -0.2) is 24.4 Å². The zero-order valence-electron chi connectivity index (χ0n) is 13.5. The summed E-state index contributed by atoms with van der Waals surface area (Å²) in [6.07, 6.45) is 12.5. The van der Waals surface area contributed by atoms with Crippen molar-refractivity contribution >= 4 is 0 Å². The van der Waals surface area contributed by atoms with Gasteiger partial charge in [-0.2, -0.15) is 0 Å². The molecule has 0 bridgehead atoms. The normalized spacial score (nSPS) is 14.5. The van der Waals surface area contributed by atoms with Gasteiger partial charge in [0.1, 0.15) is 0 Å². The van der Waals surface area contributed by atoms with Crippen LogP contribution in [-0.2, 0) is 4.74 Å². The van der Waals surface area contributed by atoms with Gasteiger partial charge in [0.25, 0.3) is 0 Å². The molecule has 2 nitrogen and oxygen atoms in total. The highest BCUT2D eigenvalue weighted by Crippen LogP contribution is 2.24. The Morgan fingerprint density at radius 2 is 1.53 bits per heavy atom. The zero-order valence-corrected chi connectivity index (χ0v) is 13.5. The predicted molar refractivity (Wildman–Crippen MR) is 83.5 cm³/mol. The SMILES string of the molecule is CCCCC(CC)C(CCCC)OCCCCCO. The maximum Gasteiger partial charge on any atom is 0.0603 e. The number of unbranched alkanes of at least 4 members (excludes halogenated alkanes) is 4. The molecule has 0 aliphatic heterocycles. The smallest absolute Gasteiger partial charge is 0.0603 e. The third-order valence-corrected chi connectivity index (χ3v) is 3.96. The molecular formula is C17H36O2. The molecule has 0 radical (unpaired) electrons. The number of aliphatic hydroxyl groups excluding tert-OH is 1. The van der Waals surface area contributed by atoms with E-state index >= 15 is 0 Å². The monoisotopic (exact) mass is 272 g/mol. The Balaban J connectivity index is 4.02. The maximum absolute atomic E-state index is 8.77. The molecule has 2 heteroatoms. The zero-order chi connectivity index (χ0) is 14.3. The molecule has 0 fully saturated rings. The van der Waals surface area contributed by atoms with E-state index in [-0.39, 0.29) is 0 Å². The summed E-state index contributed by atoms with van der Waals surface area (Å²) in [7, 11) is 0. The van der Waals surface area contributed by atoms with Gasteiger partial charge in [-0.05, 0) is 38.0 Å². The summed E-state index contributed by atoms with van der Waals surface area (Å²) in [5.74, 6) is 0.740. The largest absolute Gasteiger partial charge is 0.396 e. The molecule has 0 aromatic rings. The molecule has 116 valence electrons. The Morgan fingerprint density at radius 3 is 2.11 bits per heavy atom. The second-order valence-electron chi connectivity index (χ2n) is 5.65. The van der Waals surface area contributed by atoms with Crippen LogP contribution in [0.2, 0.25) is 0 Å². The highest BCUT2D eigenvalue weighted by Gasteiger charge is 2.19. The van der Waals surface area contributed by atoms with E-state index in [9.17, 15) is 0 Å². The molecule has 0 spiro atoms. The summed E-state index contributed by atoms with van der Waals surface area (Å²) >= 11 is 0. The average molecular weight is 272 g/mol. The van der Waals surface area contributed by atoms with Crippen LogP contribution >= 0.6 is 0 Å². The summed E-state index contributed by atoms with van der Waals surface area (Å²) in [5.41, 5.74) is 0. The van der Waals surface area contributed by atoms with Gasteiger partial charge >= 0.3 is 0 Å². The molecule has 0 aliphatic carbocycles. The lowest BCUT2D eigenvalue weighted by molar-refractivity contribution is -0.00132. The predicted octanol–water partition coefficient (Wildman–Crippen LogP) is 4.94. The van der Waals surface area contributed by atoms with Crippen molar-refractivity contribution < 1.29 is 9.84 Å². The van der Waals surface area contributed by atoms with Crippen molar-refractivity contribution in [3.05, 3.63) is 0 Å². The fourth-order valence-electron chi connectivity index (χ4n) is 2.60. The Hall–Kier alpha value is -0.0800. The average Bonchev–Trinajstić information content (AvgIpc) is 2.44. The van der Waals surface area contributed by atoms with Crippen molar-refractivity contribution in [2.45, 2.75) is 91.1 Å². The Kier molecular flexibility index (Phi) is 14.3. The van der Waals surface area contributed by atoms with E-state index in [0.29, 0.717) is 12.7 Å². The second-order valence-corrected chi connectivity index (χ2v) is 5.65. The van der Waals surface area contributed by atoms with E-state index in [1.165, 1.54) is 44.9 Å². The molecule has 0 aromatic heterocycles. The van der Waals surface area contributed by atoms with Crippen LogP contribution in [0.4, 0.5) is 0 Å². The van der Waals surface area contributed by atoms with Gasteiger partial charge in [0.2, 0.25) is 0 Å². The standard InChI is InChI=1S/C17H36O2/c1-4-7-12-16(6-3)17(13-8-5-2)19-15-11-9-10-14-18/h16-18H,4-15H2,1-3H3. The Labute approximate surface area is 120 Å². The minimum Gasteiger partial charge on any atom is -0.396 e. The fourth-order valence-corrected chi connectivity index (χ4v) is 2.60. The lowest BCUT2D eigenvalue weighted by Gasteiger charge is -2.26. The Bertz CT molecular complexity index is 171. The first-order chi connectivity index (χ1) is 9.29. The number of rotatable bonds is 14. The molecule has 0 heterocycles. The molecule has 0 rings (SSSR count). The van der Waals surface area contributed by atoms with Crippen LogP contribution in [0.1, 0.15) is 85.0 Å². The maximum atomic E-state index is 8.77. The van der Waals surface area contributed by atoms with Crippen molar-refractivity contribution in [1.29, 1.82) is 0 Å². The van der Waals surface area contributed by atoms with Crippen LogP contribution < -0.4 is 0 Å². The first-order valence-electron chi connectivity index (χ1n) is 8.52. The van der Waals surface area contributed by atoms with E-state index in [4.69, 9.17) is 9.84 Å². The van der Waals surface area contributed by atoms with Crippen molar-refractivity contribution in [3.8, 4) is 0 Å². The summed E-state index contributed by atoms with van der Waals surface area (Å²) in [5, 5.41) is 8.77. The molecular weight excluding hydrogens is 236 g/mol. The number of hydrogen-bond donors (Lipinski definition) is 1. The van der Waals surface area contributed by atoms with Gasteiger partial charge in [-0.25, -0.2) is 0 Å². The van der Waals surface area contributed by atoms with E-state index in [2.05, 4.69) is 20.8 Å². The lowest BCUT2D eigenvalue weighted by atomic mass is 9.90. The van der Waals surface area contributed by atoms with Crippen LogP contribution in [0.15, 0.2) is 0 Å². The second kappa shape index (κ2) is 14.3. The molecule has 0 saturated heterocycles. The van der Waals surface area contributed by atoms with Gasteiger partial charge in [0, 0.05) is 13.2 Å². The van der Waals surface area contributed by atoms with Gasteiger partial charge in [-0.3, -0.25) is 0 Å². The van der Waals surface area contributed by atoms with E-state index in [0.717, 1.165) is 31.8 Å². The van der Waals surface area contributed by atoms with Gasteiger partial charge in [0.05, 0.1) is 6.10 Å². The third kappa shape index (κ3) is 10.4. The van der Waals surface area contributed by atoms with Gasteiger partial charge in [0.15, 0.2) is 0 Å². The quantitative estimate of drug-likeness (QED) is 0.454. The number of hydrogen-bond acceptors (Lipinski definition) is 2. The minimum absolute atomic E-state index is 0.313. The van der Waals surface area contributed by atoms with Crippen LogP contribution in [0.5, 0.6) is 0 Å². The number of ether oxygens (including phenoxy) is 1. The molecule has 2 atom stereocenters. The van der Waals surface area contributed by atoms with Crippen molar-refractivity contribution in [3.63, 3.8) is 0 Å². The minimum atomic E-state index is 0.313. The molecule has 0 aromatic carbocycles. The molecule has 0 aliphatic rings. The van der Waals surface area contributed by atoms with Crippen LogP contribution in [0.25, 0.3) is 0 Å². The van der Waals surface area contributed by atoms with E-state index in [1.54, 1.807) is 0 Å². The third-order valence-electron chi connectivity index (χ3n) is 3.96. The molecule has 1 N–H and O–H groups in total. The summed E-state index contributed by atoms with van der Waals surface area (Å²) in [6, 6.07) is 0.